The Morgan fingerprint density at radius 1 is 1.26 bits per heavy atom. The van der Waals surface area contributed by atoms with E-state index in [1.807, 2.05) is 12.1 Å². The number of aliphatic imine (C=N–C) groups is 1. The second kappa shape index (κ2) is 13.4. The van der Waals surface area contributed by atoms with Gasteiger partial charge in [0.05, 0.1) is 18.8 Å². The number of benzene rings is 1. The summed E-state index contributed by atoms with van der Waals surface area (Å²) in [6.45, 7) is 13.7. The number of oxime groups is 1. The molecular formula is C28H41FN8OS. The molecule has 4 rings (SSSR count). The average Bonchev–Trinajstić information content (AvgIpc) is 3.32. The maximum atomic E-state index is 13.1. The standard InChI is InChI=1S/C28H41FN8OS/c1-18(2)14-21-12-13-36(15-21)17-37(16-20-8-10-23(39-29)11-9-20)24-26(31-4)33-28(25(30)35-38)34-27(24)32-19(3)22-6-5-7-22/h8-11,18-19,21-22,38H,4-7,12-17H2,1-3H3,(H2,30,35)(H,32,33,34)/t19-,21?/m1/s1. The molecule has 2 heterocycles. The molecule has 1 saturated heterocycles. The number of likely N-dealkylation sites (tertiary alicyclic amines) is 1. The van der Waals surface area contributed by atoms with Gasteiger partial charge in [-0.15, -0.1) is 0 Å². The third-order valence-corrected chi connectivity index (χ3v) is 8.27. The highest BCUT2D eigenvalue weighted by molar-refractivity contribution is 7.94. The molecule has 1 aromatic heterocycles. The Morgan fingerprint density at radius 3 is 2.59 bits per heavy atom. The van der Waals surface area contributed by atoms with Gasteiger partial charge in [-0.2, -0.15) is 3.89 Å². The smallest absolute Gasteiger partial charge is 0.208 e. The van der Waals surface area contributed by atoms with Crippen molar-refractivity contribution in [3.8, 4) is 0 Å². The minimum absolute atomic E-state index is 0.0920. The van der Waals surface area contributed by atoms with Gasteiger partial charge in [-0.1, -0.05) is 37.6 Å². The number of nitrogens with two attached hydrogens (primary N) is 1. The molecule has 4 N–H and O–H groups in total. The van der Waals surface area contributed by atoms with Crippen molar-refractivity contribution in [1.82, 2.24) is 14.9 Å². The Balaban J connectivity index is 1.73. The molecule has 1 aromatic carbocycles. The van der Waals surface area contributed by atoms with Crippen LogP contribution < -0.4 is 16.0 Å². The van der Waals surface area contributed by atoms with Gasteiger partial charge in [0.15, 0.2) is 11.6 Å². The lowest BCUT2D eigenvalue weighted by Gasteiger charge is -2.35. The Bertz CT molecular complexity index is 1140. The van der Waals surface area contributed by atoms with E-state index < -0.39 is 0 Å². The Morgan fingerprint density at radius 2 is 2.00 bits per heavy atom. The number of nitrogens with one attached hydrogen (secondary N) is 1. The van der Waals surface area contributed by atoms with Gasteiger partial charge in [-0.05, 0) is 74.8 Å². The van der Waals surface area contributed by atoms with Gasteiger partial charge >= 0.3 is 0 Å². The van der Waals surface area contributed by atoms with Crippen molar-refractivity contribution >= 4 is 42.0 Å². The molecule has 2 atom stereocenters. The molecule has 11 heteroatoms. The number of hydrogen-bond donors (Lipinski definition) is 3. The summed E-state index contributed by atoms with van der Waals surface area (Å²) in [4.78, 5) is 18.7. The highest BCUT2D eigenvalue weighted by Crippen LogP contribution is 2.38. The van der Waals surface area contributed by atoms with Crippen molar-refractivity contribution in [2.75, 3.05) is 30.0 Å². The van der Waals surface area contributed by atoms with Gasteiger partial charge in [0.25, 0.3) is 0 Å². The molecule has 2 aromatic rings. The van der Waals surface area contributed by atoms with E-state index in [1.54, 1.807) is 12.1 Å². The summed E-state index contributed by atoms with van der Waals surface area (Å²) in [7, 11) is 0. The van der Waals surface area contributed by atoms with E-state index in [-0.39, 0.29) is 29.8 Å². The lowest BCUT2D eigenvalue weighted by Crippen LogP contribution is -2.38. The van der Waals surface area contributed by atoms with Gasteiger partial charge in [0, 0.05) is 30.6 Å². The normalized spacial score (nSPS) is 19.2. The minimum Gasteiger partial charge on any atom is -0.409 e. The van der Waals surface area contributed by atoms with Crippen LogP contribution in [-0.2, 0) is 6.54 Å². The summed E-state index contributed by atoms with van der Waals surface area (Å²) in [5, 5.41) is 16.0. The van der Waals surface area contributed by atoms with Gasteiger partial charge < -0.3 is 21.2 Å². The molecule has 0 amide bonds. The zero-order valence-corrected chi connectivity index (χ0v) is 24.0. The van der Waals surface area contributed by atoms with Crippen LogP contribution in [0.25, 0.3) is 0 Å². The van der Waals surface area contributed by atoms with E-state index >= 15 is 0 Å². The number of anilines is 2. The zero-order chi connectivity index (χ0) is 27.9. The largest absolute Gasteiger partial charge is 0.409 e. The first-order valence-corrected chi connectivity index (χ1v) is 14.5. The summed E-state index contributed by atoms with van der Waals surface area (Å²) in [6.07, 6.45) is 5.95. The number of halogens is 1. The lowest BCUT2D eigenvalue weighted by atomic mass is 9.80. The third kappa shape index (κ3) is 7.39. The van der Waals surface area contributed by atoms with E-state index in [9.17, 15) is 9.09 Å². The molecule has 2 aliphatic rings. The van der Waals surface area contributed by atoms with Crippen LogP contribution in [0.5, 0.6) is 0 Å². The first-order valence-electron chi connectivity index (χ1n) is 13.8. The van der Waals surface area contributed by atoms with Gasteiger partial charge in [0.2, 0.25) is 11.7 Å². The van der Waals surface area contributed by atoms with E-state index in [2.05, 4.69) is 57.7 Å². The van der Waals surface area contributed by atoms with Gasteiger partial charge in [0.1, 0.15) is 5.69 Å². The molecule has 1 saturated carbocycles. The Kier molecular flexibility index (Phi) is 10.0. The van der Waals surface area contributed by atoms with Crippen molar-refractivity contribution in [3.63, 3.8) is 0 Å². The fourth-order valence-corrected chi connectivity index (χ4v) is 5.82. The van der Waals surface area contributed by atoms with Crippen LogP contribution in [0.4, 0.5) is 21.2 Å². The van der Waals surface area contributed by atoms with Crippen molar-refractivity contribution in [3.05, 3.63) is 35.7 Å². The van der Waals surface area contributed by atoms with Gasteiger partial charge in [-0.25, -0.2) is 15.0 Å². The highest BCUT2D eigenvalue weighted by Gasteiger charge is 2.30. The molecule has 2 fully saturated rings. The Labute approximate surface area is 235 Å². The maximum absolute atomic E-state index is 13.1. The quantitative estimate of drug-likeness (QED) is 0.122. The van der Waals surface area contributed by atoms with Crippen LogP contribution in [0.1, 0.15) is 64.3 Å². The van der Waals surface area contributed by atoms with Gasteiger partial charge in [-0.3, -0.25) is 4.90 Å². The first-order chi connectivity index (χ1) is 18.8. The first kappa shape index (κ1) is 29.1. The molecule has 212 valence electrons. The number of hydrogen-bond acceptors (Lipinski definition) is 9. The zero-order valence-electron chi connectivity index (χ0n) is 23.2. The number of nitrogens with zero attached hydrogens (tertiary/aromatic N) is 6. The molecule has 0 radical (unpaired) electrons. The summed E-state index contributed by atoms with van der Waals surface area (Å²) < 4.78 is 13.1. The number of aromatic nitrogens is 2. The van der Waals surface area contributed by atoms with E-state index in [4.69, 9.17) is 10.7 Å². The van der Waals surface area contributed by atoms with E-state index in [1.165, 1.54) is 32.1 Å². The molecule has 9 nitrogen and oxygen atoms in total. The molecule has 0 bridgehead atoms. The molecule has 39 heavy (non-hydrogen) atoms. The summed E-state index contributed by atoms with van der Waals surface area (Å²) in [5.74, 6) is 2.74. The summed E-state index contributed by atoms with van der Waals surface area (Å²) in [6, 6.07) is 7.63. The van der Waals surface area contributed by atoms with Crippen molar-refractivity contribution in [2.45, 2.75) is 70.4 Å². The van der Waals surface area contributed by atoms with Crippen molar-refractivity contribution in [1.29, 1.82) is 0 Å². The van der Waals surface area contributed by atoms with Crippen molar-refractivity contribution < 1.29 is 9.09 Å². The number of amidine groups is 1. The monoisotopic (exact) mass is 556 g/mol. The topological polar surface area (TPSA) is 115 Å². The lowest BCUT2D eigenvalue weighted by molar-refractivity contribution is 0.284. The fraction of sp³-hybridized carbons (Fsp3) is 0.571. The van der Waals surface area contributed by atoms with E-state index in [0.717, 1.165) is 24.3 Å². The second-order valence-electron chi connectivity index (χ2n) is 11.3. The van der Waals surface area contributed by atoms with Crippen LogP contribution in [-0.4, -0.2) is 58.4 Å². The van der Waals surface area contributed by atoms with Crippen LogP contribution in [0.2, 0.25) is 0 Å². The summed E-state index contributed by atoms with van der Waals surface area (Å²) >= 11 is 0.237. The predicted molar refractivity (Wildman–Crippen MR) is 158 cm³/mol. The third-order valence-electron chi connectivity index (χ3n) is 7.82. The SMILES string of the molecule is C=Nc1nc(/C(N)=N/O)nc(N[C@H](C)C2CCC2)c1N(Cc1ccc(SF)cc1)CN1CCC(CC(C)C)C1. The maximum Gasteiger partial charge on any atom is 0.208 e. The highest BCUT2D eigenvalue weighted by atomic mass is 32.2. The van der Waals surface area contributed by atoms with Crippen LogP contribution in [0.3, 0.4) is 0 Å². The second-order valence-corrected chi connectivity index (χ2v) is 11.9. The molecule has 1 aliphatic carbocycles. The van der Waals surface area contributed by atoms with E-state index in [0.29, 0.717) is 47.5 Å². The molecule has 1 unspecified atom stereocenters. The molecule has 1 aliphatic heterocycles. The number of rotatable bonds is 13. The average molecular weight is 557 g/mol. The van der Waals surface area contributed by atoms with Crippen LogP contribution >= 0.6 is 12.1 Å². The Hall–Kier alpha value is -2.92. The van der Waals surface area contributed by atoms with Crippen LogP contribution in [0, 0.1) is 17.8 Å². The minimum atomic E-state index is -0.187. The van der Waals surface area contributed by atoms with Crippen molar-refractivity contribution in [2.24, 2.45) is 33.6 Å². The van der Waals surface area contributed by atoms with Crippen LogP contribution in [0.15, 0.2) is 39.3 Å². The fourth-order valence-electron chi connectivity index (χ4n) is 5.59. The summed E-state index contributed by atoms with van der Waals surface area (Å²) in [5.41, 5.74) is 7.66. The molecule has 0 spiro atoms. The predicted octanol–water partition coefficient (Wildman–Crippen LogP) is 5.81. The molecular weight excluding hydrogens is 515 g/mol.